The van der Waals surface area contributed by atoms with Crippen LogP contribution >= 0.6 is 0 Å². The highest BCUT2D eigenvalue weighted by atomic mass is 16.5. The maximum atomic E-state index is 5.59. The van der Waals surface area contributed by atoms with Crippen molar-refractivity contribution in [2.75, 3.05) is 13.2 Å². The summed E-state index contributed by atoms with van der Waals surface area (Å²) in [6.45, 7) is 12.8. The summed E-state index contributed by atoms with van der Waals surface area (Å²) in [5.41, 5.74) is 1.05. The lowest BCUT2D eigenvalue weighted by Gasteiger charge is -2.19. The fraction of sp³-hybridized carbons (Fsp3) is 0.733. The van der Waals surface area contributed by atoms with Crippen molar-refractivity contribution in [3.8, 4) is 0 Å². The SMILES string of the molecule is CC(C)NCc1ccoc1COCCOC(C)(C)C. The van der Waals surface area contributed by atoms with E-state index in [-0.39, 0.29) is 5.60 Å². The number of rotatable bonds is 8. The molecule has 1 heterocycles. The highest BCUT2D eigenvalue weighted by Gasteiger charge is 2.10. The number of hydrogen-bond acceptors (Lipinski definition) is 4. The van der Waals surface area contributed by atoms with Crippen LogP contribution < -0.4 is 5.32 Å². The third-order valence-corrected chi connectivity index (χ3v) is 2.53. The summed E-state index contributed by atoms with van der Waals surface area (Å²) < 4.78 is 16.6. The lowest BCUT2D eigenvalue weighted by molar-refractivity contribution is -0.0395. The molecule has 0 saturated heterocycles. The molecule has 0 spiro atoms. The predicted molar refractivity (Wildman–Crippen MR) is 76.0 cm³/mol. The van der Waals surface area contributed by atoms with Crippen LogP contribution in [-0.4, -0.2) is 24.9 Å². The van der Waals surface area contributed by atoms with Gasteiger partial charge in [0.25, 0.3) is 0 Å². The van der Waals surface area contributed by atoms with Crippen LogP contribution in [0.1, 0.15) is 45.9 Å². The summed E-state index contributed by atoms with van der Waals surface area (Å²) in [4.78, 5) is 0. The van der Waals surface area contributed by atoms with Crippen molar-refractivity contribution in [3.05, 3.63) is 23.7 Å². The second-order valence-electron chi connectivity index (χ2n) is 5.92. The Morgan fingerprint density at radius 3 is 2.63 bits per heavy atom. The number of hydrogen-bond donors (Lipinski definition) is 1. The van der Waals surface area contributed by atoms with Crippen LogP contribution in [0.25, 0.3) is 0 Å². The zero-order chi connectivity index (χ0) is 14.3. The Bertz CT molecular complexity index is 353. The van der Waals surface area contributed by atoms with Crippen LogP contribution in [0, 0.1) is 0 Å². The van der Waals surface area contributed by atoms with Crippen LogP contribution in [0.5, 0.6) is 0 Å². The Labute approximate surface area is 116 Å². The number of furan rings is 1. The molecule has 4 nitrogen and oxygen atoms in total. The highest BCUT2D eigenvalue weighted by Crippen LogP contribution is 2.12. The molecule has 110 valence electrons. The topological polar surface area (TPSA) is 43.6 Å². The second kappa shape index (κ2) is 7.68. The van der Waals surface area contributed by atoms with Gasteiger partial charge >= 0.3 is 0 Å². The van der Waals surface area contributed by atoms with Crippen molar-refractivity contribution in [1.29, 1.82) is 0 Å². The number of nitrogens with one attached hydrogen (secondary N) is 1. The smallest absolute Gasteiger partial charge is 0.133 e. The fourth-order valence-corrected chi connectivity index (χ4v) is 1.54. The van der Waals surface area contributed by atoms with Crippen LogP contribution in [0.4, 0.5) is 0 Å². The van der Waals surface area contributed by atoms with E-state index in [1.807, 2.05) is 26.8 Å². The molecule has 1 aromatic rings. The molecule has 0 aliphatic carbocycles. The maximum Gasteiger partial charge on any atom is 0.133 e. The van der Waals surface area contributed by atoms with Crippen molar-refractivity contribution in [1.82, 2.24) is 5.32 Å². The molecule has 0 atom stereocenters. The zero-order valence-electron chi connectivity index (χ0n) is 12.8. The van der Waals surface area contributed by atoms with E-state index in [0.29, 0.717) is 25.9 Å². The van der Waals surface area contributed by atoms with Gasteiger partial charge in [-0.15, -0.1) is 0 Å². The Morgan fingerprint density at radius 2 is 2.00 bits per heavy atom. The van der Waals surface area contributed by atoms with Crippen LogP contribution in [0.2, 0.25) is 0 Å². The Kier molecular flexibility index (Phi) is 6.55. The molecule has 0 bridgehead atoms. The molecule has 4 heteroatoms. The van der Waals surface area contributed by atoms with Crippen molar-refractivity contribution >= 4 is 0 Å². The van der Waals surface area contributed by atoms with Gasteiger partial charge in [-0.25, -0.2) is 0 Å². The first kappa shape index (κ1) is 16.2. The van der Waals surface area contributed by atoms with Gasteiger partial charge in [0, 0.05) is 18.2 Å². The Balaban J connectivity index is 2.24. The fourth-order valence-electron chi connectivity index (χ4n) is 1.54. The largest absolute Gasteiger partial charge is 0.467 e. The van der Waals surface area contributed by atoms with Crippen LogP contribution in [0.3, 0.4) is 0 Å². The molecule has 1 aromatic heterocycles. The van der Waals surface area contributed by atoms with Gasteiger partial charge in [-0.05, 0) is 26.8 Å². The lowest BCUT2D eigenvalue weighted by atomic mass is 10.2. The minimum Gasteiger partial charge on any atom is -0.467 e. The third kappa shape index (κ3) is 7.35. The maximum absolute atomic E-state index is 5.59. The summed E-state index contributed by atoms with van der Waals surface area (Å²) in [6.07, 6.45) is 1.71. The molecule has 0 aliphatic heterocycles. The zero-order valence-corrected chi connectivity index (χ0v) is 12.8. The first-order valence-corrected chi connectivity index (χ1v) is 6.89. The molecular weight excluding hydrogens is 242 g/mol. The first-order chi connectivity index (χ1) is 8.88. The second-order valence-corrected chi connectivity index (χ2v) is 5.92. The van der Waals surface area contributed by atoms with E-state index in [1.165, 1.54) is 0 Å². The van der Waals surface area contributed by atoms with E-state index in [0.717, 1.165) is 17.9 Å². The molecule has 0 amide bonds. The molecule has 19 heavy (non-hydrogen) atoms. The monoisotopic (exact) mass is 269 g/mol. The quantitative estimate of drug-likeness (QED) is 0.736. The van der Waals surface area contributed by atoms with Crippen LogP contribution in [-0.2, 0) is 22.6 Å². The Morgan fingerprint density at radius 1 is 1.26 bits per heavy atom. The molecule has 0 fully saturated rings. The normalized spacial score (nSPS) is 12.3. The summed E-state index contributed by atoms with van der Waals surface area (Å²) in [7, 11) is 0. The van der Waals surface area contributed by atoms with Gasteiger partial charge in [0.05, 0.1) is 25.1 Å². The third-order valence-electron chi connectivity index (χ3n) is 2.53. The summed E-state index contributed by atoms with van der Waals surface area (Å²) in [5.74, 6) is 0.893. The molecule has 0 unspecified atom stereocenters. The minimum absolute atomic E-state index is 0.111. The van der Waals surface area contributed by atoms with Crippen molar-refractivity contribution in [2.24, 2.45) is 0 Å². The van der Waals surface area contributed by atoms with Crippen molar-refractivity contribution < 1.29 is 13.9 Å². The summed E-state index contributed by atoms with van der Waals surface area (Å²) >= 11 is 0. The van der Waals surface area contributed by atoms with E-state index in [4.69, 9.17) is 13.9 Å². The van der Waals surface area contributed by atoms with Gasteiger partial charge in [-0.3, -0.25) is 0 Å². The summed E-state index contributed by atoms with van der Waals surface area (Å²) in [5, 5.41) is 3.37. The van der Waals surface area contributed by atoms with Gasteiger partial charge in [-0.2, -0.15) is 0 Å². The molecule has 0 aromatic carbocycles. The predicted octanol–water partition coefficient (Wildman–Crippen LogP) is 3.11. The molecule has 0 saturated carbocycles. The van der Waals surface area contributed by atoms with Gasteiger partial charge in [0.15, 0.2) is 0 Å². The van der Waals surface area contributed by atoms with Crippen molar-refractivity contribution in [3.63, 3.8) is 0 Å². The van der Waals surface area contributed by atoms with E-state index in [9.17, 15) is 0 Å². The van der Waals surface area contributed by atoms with Gasteiger partial charge in [0.1, 0.15) is 12.4 Å². The standard InChI is InChI=1S/C15H27NO3/c1-12(2)16-10-13-6-7-18-14(13)11-17-8-9-19-15(3,4)5/h6-7,12,16H,8-11H2,1-5H3. The van der Waals surface area contributed by atoms with E-state index < -0.39 is 0 Å². The van der Waals surface area contributed by atoms with Gasteiger partial charge in [-0.1, -0.05) is 13.8 Å². The molecule has 1 N–H and O–H groups in total. The van der Waals surface area contributed by atoms with E-state index in [2.05, 4.69) is 19.2 Å². The molecule has 0 radical (unpaired) electrons. The van der Waals surface area contributed by atoms with Gasteiger partial charge in [0.2, 0.25) is 0 Å². The molecular formula is C15H27NO3. The average Bonchev–Trinajstić information content (AvgIpc) is 2.72. The summed E-state index contributed by atoms with van der Waals surface area (Å²) in [6, 6.07) is 2.45. The molecule has 0 aliphatic rings. The minimum atomic E-state index is -0.111. The average molecular weight is 269 g/mol. The van der Waals surface area contributed by atoms with Gasteiger partial charge < -0.3 is 19.2 Å². The lowest BCUT2D eigenvalue weighted by Crippen LogP contribution is -2.22. The molecule has 1 rings (SSSR count). The van der Waals surface area contributed by atoms with Crippen LogP contribution in [0.15, 0.2) is 16.7 Å². The highest BCUT2D eigenvalue weighted by molar-refractivity contribution is 5.16. The van der Waals surface area contributed by atoms with E-state index in [1.54, 1.807) is 6.26 Å². The Hall–Kier alpha value is -0.840. The van der Waals surface area contributed by atoms with Crippen molar-refractivity contribution in [2.45, 2.75) is 59.4 Å². The first-order valence-electron chi connectivity index (χ1n) is 6.89. The number of ether oxygens (including phenoxy) is 2. The van der Waals surface area contributed by atoms with E-state index >= 15 is 0 Å².